The van der Waals surface area contributed by atoms with Crippen LogP contribution in [-0.2, 0) is 19.4 Å². The monoisotopic (exact) mass is 308 g/mol. The highest BCUT2D eigenvalue weighted by Crippen LogP contribution is 2.10. The zero-order chi connectivity index (χ0) is 16.1. The van der Waals surface area contributed by atoms with Gasteiger partial charge in [0.25, 0.3) is 0 Å². The molecule has 2 aromatic carbocycles. The Morgan fingerprint density at radius 1 is 1.04 bits per heavy atom. The smallest absolute Gasteiger partial charge is 0.179 e. The molecule has 0 aliphatic rings. The van der Waals surface area contributed by atoms with Crippen molar-refractivity contribution >= 4 is 0 Å². The molecule has 1 heterocycles. The van der Waals surface area contributed by atoms with Gasteiger partial charge in [-0.15, -0.1) is 10.2 Å². The van der Waals surface area contributed by atoms with Crippen molar-refractivity contribution in [3.63, 3.8) is 0 Å². The van der Waals surface area contributed by atoms with E-state index in [9.17, 15) is 5.11 Å². The van der Waals surface area contributed by atoms with Crippen LogP contribution in [0.4, 0.5) is 0 Å². The number of rotatable bonds is 6. The van der Waals surface area contributed by atoms with E-state index >= 15 is 0 Å². The predicted octanol–water partition coefficient (Wildman–Crippen LogP) is 2.18. The molecular weight excluding hydrogens is 288 g/mol. The first-order valence-corrected chi connectivity index (χ1v) is 7.74. The van der Waals surface area contributed by atoms with E-state index in [1.165, 1.54) is 15.9 Å². The third-order valence-electron chi connectivity index (χ3n) is 3.79. The number of tetrazole rings is 1. The van der Waals surface area contributed by atoms with Crippen molar-refractivity contribution in [2.75, 3.05) is 0 Å². The van der Waals surface area contributed by atoms with Gasteiger partial charge in [-0.3, -0.25) is 0 Å². The summed E-state index contributed by atoms with van der Waals surface area (Å²) in [5.41, 5.74) is 3.50. The van der Waals surface area contributed by atoms with E-state index in [2.05, 4.69) is 34.5 Å². The molecule has 0 amide bonds. The fourth-order valence-corrected chi connectivity index (χ4v) is 2.54. The summed E-state index contributed by atoms with van der Waals surface area (Å²) in [4.78, 5) is 1.47. The van der Waals surface area contributed by atoms with Gasteiger partial charge >= 0.3 is 0 Å². The number of aliphatic hydroxyl groups excluding tert-OH is 1. The van der Waals surface area contributed by atoms with Gasteiger partial charge < -0.3 is 5.11 Å². The average Bonchev–Trinajstić information content (AvgIpc) is 2.97. The van der Waals surface area contributed by atoms with Gasteiger partial charge in [0.15, 0.2) is 5.82 Å². The fraction of sp³-hybridized carbons (Fsp3) is 0.278. The molecule has 0 aliphatic carbocycles. The van der Waals surface area contributed by atoms with Crippen molar-refractivity contribution in [2.45, 2.75) is 32.4 Å². The summed E-state index contributed by atoms with van der Waals surface area (Å²) in [6.07, 6.45) is 0.703. The van der Waals surface area contributed by atoms with Crippen molar-refractivity contribution in [3.05, 3.63) is 77.1 Å². The second-order valence-corrected chi connectivity index (χ2v) is 5.71. The van der Waals surface area contributed by atoms with Crippen LogP contribution in [0.25, 0.3) is 0 Å². The van der Waals surface area contributed by atoms with E-state index in [4.69, 9.17) is 0 Å². The van der Waals surface area contributed by atoms with E-state index in [-0.39, 0.29) is 0 Å². The molecule has 3 rings (SSSR count). The number of aromatic nitrogens is 4. The minimum Gasteiger partial charge on any atom is -0.391 e. The Labute approximate surface area is 135 Å². The van der Waals surface area contributed by atoms with Crippen molar-refractivity contribution < 1.29 is 5.11 Å². The second kappa shape index (κ2) is 7.15. The highest BCUT2D eigenvalue weighted by atomic mass is 16.3. The molecule has 0 saturated carbocycles. The molecule has 1 unspecified atom stereocenters. The Kier molecular flexibility index (Phi) is 4.78. The first-order valence-electron chi connectivity index (χ1n) is 7.74. The first-order chi connectivity index (χ1) is 11.2. The predicted molar refractivity (Wildman–Crippen MR) is 88.0 cm³/mol. The molecule has 1 atom stereocenters. The maximum atomic E-state index is 10.2. The zero-order valence-electron chi connectivity index (χ0n) is 13.1. The topological polar surface area (TPSA) is 63.8 Å². The lowest BCUT2D eigenvalue weighted by molar-refractivity contribution is 0.142. The number of nitrogens with zero attached hydrogens (tertiary/aromatic N) is 4. The molecule has 118 valence electrons. The summed E-state index contributed by atoms with van der Waals surface area (Å²) in [5, 5.41) is 22.7. The van der Waals surface area contributed by atoms with E-state index in [0.29, 0.717) is 25.2 Å². The summed E-state index contributed by atoms with van der Waals surface area (Å²) in [6.45, 7) is 2.42. The maximum absolute atomic E-state index is 10.2. The lowest BCUT2D eigenvalue weighted by atomic mass is 10.1. The molecule has 1 aromatic heterocycles. The molecule has 0 spiro atoms. The normalized spacial score (nSPS) is 12.3. The summed E-state index contributed by atoms with van der Waals surface area (Å²) in [6, 6.07) is 18.1. The SMILES string of the molecule is Cc1ccccc1Cc1nnn(CC(O)Cc2ccccc2)n1. The van der Waals surface area contributed by atoms with Crippen LogP contribution in [-0.4, -0.2) is 31.4 Å². The Bertz CT molecular complexity index is 754. The van der Waals surface area contributed by atoms with Gasteiger partial charge in [0, 0.05) is 12.8 Å². The first kappa shape index (κ1) is 15.4. The molecule has 0 aliphatic heterocycles. The highest BCUT2D eigenvalue weighted by molar-refractivity contribution is 5.27. The van der Waals surface area contributed by atoms with Crippen LogP contribution in [0, 0.1) is 6.92 Å². The van der Waals surface area contributed by atoms with Gasteiger partial charge in [-0.25, -0.2) is 0 Å². The van der Waals surface area contributed by atoms with E-state index < -0.39 is 6.10 Å². The standard InChI is InChI=1S/C18H20N4O/c1-14-7-5-6-10-16(14)12-18-19-21-22(20-18)13-17(23)11-15-8-3-2-4-9-15/h2-10,17,23H,11-13H2,1H3. The molecule has 5 nitrogen and oxygen atoms in total. The molecule has 1 N–H and O–H groups in total. The number of hydrogen-bond acceptors (Lipinski definition) is 4. The number of aliphatic hydroxyl groups is 1. The lowest BCUT2D eigenvalue weighted by Gasteiger charge is -2.09. The van der Waals surface area contributed by atoms with Crippen LogP contribution in [0.3, 0.4) is 0 Å². The van der Waals surface area contributed by atoms with Crippen LogP contribution in [0.15, 0.2) is 54.6 Å². The van der Waals surface area contributed by atoms with Crippen LogP contribution >= 0.6 is 0 Å². The minimum atomic E-state index is -0.530. The largest absolute Gasteiger partial charge is 0.391 e. The Balaban J connectivity index is 1.60. The minimum absolute atomic E-state index is 0.343. The maximum Gasteiger partial charge on any atom is 0.179 e. The third-order valence-corrected chi connectivity index (χ3v) is 3.79. The molecule has 0 fully saturated rings. The molecule has 0 saturated heterocycles. The van der Waals surface area contributed by atoms with Gasteiger partial charge in [0.05, 0.1) is 12.6 Å². The summed E-state index contributed by atoms with van der Waals surface area (Å²) >= 11 is 0. The Morgan fingerprint density at radius 2 is 1.78 bits per heavy atom. The quantitative estimate of drug-likeness (QED) is 0.758. The van der Waals surface area contributed by atoms with Crippen molar-refractivity contribution in [1.82, 2.24) is 20.2 Å². The molecule has 0 bridgehead atoms. The molecule has 0 radical (unpaired) electrons. The second-order valence-electron chi connectivity index (χ2n) is 5.71. The van der Waals surface area contributed by atoms with Crippen molar-refractivity contribution in [3.8, 4) is 0 Å². The van der Waals surface area contributed by atoms with Crippen LogP contribution < -0.4 is 0 Å². The molecule has 5 heteroatoms. The molecule has 23 heavy (non-hydrogen) atoms. The van der Waals surface area contributed by atoms with Gasteiger partial charge in [-0.1, -0.05) is 54.6 Å². The third kappa shape index (κ3) is 4.23. The van der Waals surface area contributed by atoms with Gasteiger partial charge in [0.1, 0.15) is 0 Å². The molecular formula is C18H20N4O. The van der Waals surface area contributed by atoms with Crippen molar-refractivity contribution in [2.24, 2.45) is 0 Å². The average molecular weight is 308 g/mol. The van der Waals surface area contributed by atoms with E-state index in [1.807, 2.05) is 42.5 Å². The van der Waals surface area contributed by atoms with E-state index in [0.717, 1.165) is 5.56 Å². The number of hydrogen-bond donors (Lipinski definition) is 1. The lowest BCUT2D eigenvalue weighted by Crippen LogP contribution is -2.20. The number of aryl methyl sites for hydroxylation is 1. The number of benzene rings is 2. The van der Waals surface area contributed by atoms with Gasteiger partial charge in [0.2, 0.25) is 0 Å². The summed E-state index contributed by atoms with van der Waals surface area (Å²) in [7, 11) is 0. The van der Waals surface area contributed by atoms with Gasteiger partial charge in [-0.05, 0) is 28.8 Å². The fourth-order valence-electron chi connectivity index (χ4n) is 2.54. The summed E-state index contributed by atoms with van der Waals surface area (Å²) in [5.74, 6) is 0.672. The van der Waals surface area contributed by atoms with Crippen LogP contribution in [0.5, 0.6) is 0 Å². The van der Waals surface area contributed by atoms with Crippen molar-refractivity contribution in [1.29, 1.82) is 0 Å². The van der Waals surface area contributed by atoms with Crippen LogP contribution in [0.1, 0.15) is 22.5 Å². The summed E-state index contributed by atoms with van der Waals surface area (Å²) < 4.78 is 0. The van der Waals surface area contributed by atoms with Gasteiger partial charge in [-0.2, -0.15) is 4.80 Å². The van der Waals surface area contributed by atoms with Crippen LogP contribution in [0.2, 0.25) is 0 Å². The van der Waals surface area contributed by atoms with E-state index in [1.54, 1.807) is 0 Å². The Morgan fingerprint density at radius 3 is 2.57 bits per heavy atom. The zero-order valence-corrected chi connectivity index (χ0v) is 13.1. The highest BCUT2D eigenvalue weighted by Gasteiger charge is 2.11. The Hall–Kier alpha value is -2.53. The molecule has 3 aromatic rings.